The van der Waals surface area contributed by atoms with E-state index in [0.717, 1.165) is 34.9 Å². The number of benzene rings is 2. The van der Waals surface area contributed by atoms with Crippen LogP contribution in [0.5, 0.6) is 23.0 Å². The summed E-state index contributed by atoms with van der Waals surface area (Å²) in [7, 11) is 1.40. The minimum Gasteiger partial charge on any atom is -0.453 e. The lowest BCUT2D eigenvalue weighted by molar-refractivity contribution is -0.274. The van der Waals surface area contributed by atoms with Gasteiger partial charge in [0.2, 0.25) is 0 Å². The molecule has 0 amide bonds. The van der Waals surface area contributed by atoms with E-state index in [1.165, 1.54) is 23.7 Å². The van der Waals surface area contributed by atoms with Gasteiger partial charge >= 0.3 is 18.2 Å². The number of aromatic nitrogens is 4. The van der Waals surface area contributed by atoms with Gasteiger partial charge in [-0.3, -0.25) is 14.3 Å². The molecule has 1 atom stereocenters. The van der Waals surface area contributed by atoms with Crippen molar-refractivity contribution in [3.8, 4) is 34.4 Å². The molecule has 1 unspecified atom stereocenters. The number of nitrogens with one attached hydrogen (secondary N) is 1. The molecule has 2 aromatic heterocycles. The first-order valence-electron chi connectivity index (χ1n) is 11.5. The van der Waals surface area contributed by atoms with Gasteiger partial charge in [0.05, 0.1) is 6.54 Å². The molecule has 0 saturated heterocycles. The number of hydrogen-bond acceptors (Lipinski definition) is 7. The predicted molar refractivity (Wildman–Crippen MR) is 132 cm³/mol. The molecule has 2 N–H and O–H groups in total. The fourth-order valence-electron chi connectivity index (χ4n) is 3.77. The van der Waals surface area contributed by atoms with Crippen molar-refractivity contribution in [1.29, 1.82) is 0 Å². The Morgan fingerprint density at radius 3 is 2.32 bits per heavy atom. The SMILES string of the molecule is C=CC(F)(F)Oc1cc(-c2nc3c(c(=O)[nH]c(=O)n3CC(O)CF)n2C)ccc1Oc1ccc(OC(F)(F)F)cc1. The third-order valence-electron chi connectivity index (χ3n) is 5.56. The number of rotatable bonds is 10. The second-order valence-electron chi connectivity index (χ2n) is 8.50. The van der Waals surface area contributed by atoms with E-state index in [1.807, 2.05) is 0 Å². The molecule has 4 aromatic rings. The number of aliphatic hydroxyl groups excluding tert-OH is 1. The van der Waals surface area contributed by atoms with Crippen molar-refractivity contribution in [2.45, 2.75) is 25.1 Å². The van der Waals surface area contributed by atoms with Gasteiger partial charge in [-0.15, -0.1) is 13.2 Å². The lowest BCUT2D eigenvalue weighted by Gasteiger charge is -2.18. The van der Waals surface area contributed by atoms with E-state index in [-0.39, 0.29) is 40.1 Å². The fourth-order valence-corrected chi connectivity index (χ4v) is 3.77. The minimum atomic E-state index is -4.92. The second-order valence-corrected chi connectivity index (χ2v) is 8.50. The van der Waals surface area contributed by atoms with E-state index >= 15 is 0 Å². The smallest absolute Gasteiger partial charge is 0.453 e. The molecule has 0 spiro atoms. The molecule has 16 heteroatoms. The van der Waals surface area contributed by atoms with Crippen molar-refractivity contribution in [3.05, 3.63) is 76.0 Å². The fraction of sp³-hybridized carbons (Fsp3) is 0.240. The Bertz CT molecular complexity index is 1690. The molecule has 218 valence electrons. The molecule has 0 radical (unpaired) electrons. The summed E-state index contributed by atoms with van der Waals surface area (Å²) in [5, 5.41) is 9.71. The Labute approximate surface area is 225 Å². The number of H-pyrrole nitrogens is 1. The molecule has 0 aliphatic rings. The second kappa shape index (κ2) is 11.0. The number of aryl methyl sites for hydroxylation is 1. The van der Waals surface area contributed by atoms with E-state index in [1.54, 1.807) is 0 Å². The zero-order chi connectivity index (χ0) is 30.1. The third kappa shape index (κ3) is 6.54. The van der Waals surface area contributed by atoms with Crippen molar-refractivity contribution in [1.82, 2.24) is 19.1 Å². The Hall–Kier alpha value is -4.73. The quantitative estimate of drug-likeness (QED) is 0.210. The van der Waals surface area contributed by atoms with Crippen molar-refractivity contribution in [3.63, 3.8) is 0 Å². The van der Waals surface area contributed by atoms with Crippen LogP contribution in [0.1, 0.15) is 0 Å². The first kappa shape index (κ1) is 29.3. The average Bonchev–Trinajstić information content (AvgIpc) is 3.24. The number of hydrogen-bond donors (Lipinski definition) is 2. The maximum absolute atomic E-state index is 14.2. The van der Waals surface area contributed by atoms with Gasteiger partial charge in [-0.05, 0) is 42.5 Å². The monoisotopic (exact) mass is 586 g/mol. The van der Waals surface area contributed by atoms with Crippen molar-refractivity contribution < 1.29 is 45.7 Å². The van der Waals surface area contributed by atoms with E-state index in [4.69, 9.17) is 9.47 Å². The van der Waals surface area contributed by atoms with E-state index < -0.39 is 54.5 Å². The number of ether oxygens (including phenoxy) is 3. The third-order valence-corrected chi connectivity index (χ3v) is 5.56. The highest BCUT2D eigenvalue weighted by Gasteiger charge is 2.31. The molecule has 10 nitrogen and oxygen atoms in total. The van der Waals surface area contributed by atoms with Crippen molar-refractivity contribution in [2.75, 3.05) is 6.67 Å². The molecular weight excluding hydrogens is 566 g/mol. The first-order valence-corrected chi connectivity index (χ1v) is 11.5. The van der Waals surface area contributed by atoms with Gasteiger partial charge in [0.25, 0.3) is 5.56 Å². The first-order chi connectivity index (χ1) is 19.2. The van der Waals surface area contributed by atoms with Crippen LogP contribution in [0.2, 0.25) is 0 Å². The van der Waals surface area contributed by atoms with Gasteiger partial charge in [-0.25, -0.2) is 14.2 Å². The van der Waals surface area contributed by atoms with E-state index in [9.17, 15) is 41.0 Å². The molecule has 0 bridgehead atoms. The van der Waals surface area contributed by atoms with Crippen LogP contribution in [0.4, 0.5) is 26.3 Å². The maximum atomic E-state index is 14.2. The predicted octanol–water partition coefficient (Wildman–Crippen LogP) is 4.27. The highest BCUT2D eigenvalue weighted by atomic mass is 19.4. The Balaban J connectivity index is 1.78. The zero-order valence-corrected chi connectivity index (χ0v) is 20.9. The summed E-state index contributed by atoms with van der Waals surface area (Å²) < 4.78 is 94.8. The summed E-state index contributed by atoms with van der Waals surface area (Å²) >= 11 is 0. The van der Waals surface area contributed by atoms with Gasteiger partial charge in [0.15, 0.2) is 22.7 Å². The number of aromatic amines is 1. The maximum Gasteiger partial charge on any atom is 0.573 e. The molecule has 0 saturated carbocycles. The number of nitrogens with zero attached hydrogens (tertiary/aromatic N) is 3. The molecule has 2 heterocycles. The number of aliphatic hydroxyl groups is 1. The van der Waals surface area contributed by atoms with Crippen LogP contribution < -0.4 is 25.5 Å². The van der Waals surface area contributed by atoms with Crippen LogP contribution in [0.3, 0.4) is 0 Å². The van der Waals surface area contributed by atoms with Crippen LogP contribution in [0.25, 0.3) is 22.6 Å². The van der Waals surface area contributed by atoms with E-state index in [2.05, 4.69) is 21.3 Å². The van der Waals surface area contributed by atoms with Gasteiger partial charge in [-0.2, -0.15) is 8.78 Å². The number of alkyl halides is 6. The molecule has 41 heavy (non-hydrogen) atoms. The summed E-state index contributed by atoms with van der Waals surface area (Å²) in [5.41, 5.74) is -2.03. The van der Waals surface area contributed by atoms with Crippen LogP contribution in [-0.4, -0.2) is 49.5 Å². The lowest BCUT2D eigenvalue weighted by atomic mass is 10.2. The summed E-state index contributed by atoms with van der Waals surface area (Å²) in [6.45, 7) is 1.30. The van der Waals surface area contributed by atoms with Gasteiger partial charge in [0.1, 0.15) is 30.1 Å². The summed E-state index contributed by atoms with van der Waals surface area (Å²) in [6.07, 6.45) is -10.2. The topological polar surface area (TPSA) is 121 Å². The molecular formula is C25H20F6N4O6. The van der Waals surface area contributed by atoms with Crippen molar-refractivity contribution >= 4 is 11.2 Å². The Morgan fingerprint density at radius 1 is 1.05 bits per heavy atom. The summed E-state index contributed by atoms with van der Waals surface area (Å²) in [5.74, 6) is -1.42. The lowest BCUT2D eigenvalue weighted by Crippen LogP contribution is -2.34. The summed E-state index contributed by atoms with van der Waals surface area (Å²) in [4.78, 5) is 31.2. The van der Waals surface area contributed by atoms with Crippen LogP contribution in [0.15, 0.2) is 64.7 Å². The number of imidazole rings is 1. The Morgan fingerprint density at radius 2 is 1.71 bits per heavy atom. The Kier molecular flexibility index (Phi) is 7.87. The van der Waals surface area contributed by atoms with Crippen LogP contribution >= 0.6 is 0 Å². The molecule has 0 aliphatic heterocycles. The largest absolute Gasteiger partial charge is 0.573 e. The molecule has 2 aromatic carbocycles. The minimum absolute atomic E-state index is 0.00781. The van der Waals surface area contributed by atoms with Gasteiger partial charge in [-0.1, -0.05) is 6.58 Å². The standard InChI is InChI=1S/C25H20F6N4O6/c1-3-24(27,28)41-18-10-13(4-9-17(18)39-15-5-7-16(8-6-15)40-25(29,30)31)20-32-21-19(34(20)2)22(37)33-23(38)35(21)12-14(36)11-26/h3-10,14,36H,1,11-12H2,2H3,(H,33,37,38). The van der Waals surface area contributed by atoms with Gasteiger partial charge < -0.3 is 23.9 Å². The number of fused-ring (bicyclic) bond motifs is 1. The molecule has 0 aliphatic carbocycles. The van der Waals surface area contributed by atoms with Crippen LogP contribution in [0, 0.1) is 0 Å². The zero-order valence-electron chi connectivity index (χ0n) is 20.9. The normalized spacial score (nSPS) is 12.8. The summed E-state index contributed by atoms with van der Waals surface area (Å²) in [6, 6.07) is 7.75. The highest BCUT2D eigenvalue weighted by molar-refractivity contribution is 5.77. The molecule has 4 rings (SSSR count). The average molecular weight is 586 g/mol. The molecule has 0 fully saturated rings. The number of halogens is 6. The van der Waals surface area contributed by atoms with Crippen LogP contribution in [-0.2, 0) is 13.6 Å². The van der Waals surface area contributed by atoms with E-state index in [0.29, 0.717) is 0 Å². The highest BCUT2D eigenvalue weighted by Crippen LogP contribution is 2.39. The van der Waals surface area contributed by atoms with Gasteiger partial charge in [0, 0.05) is 18.7 Å². The van der Waals surface area contributed by atoms with Crippen molar-refractivity contribution in [2.24, 2.45) is 7.05 Å².